The molecule has 160 valence electrons. The molecule has 0 aliphatic carbocycles. The molecule has 1 saturated heterocycles. The summed E-state index contributed by atoms with van der Waals surface area (Å²) < 4.78 is 13.6. The maximum atomic E-state index is 13.6. The fraction of sp³-hybridized carbons (Fsp3) is 0.391. The first-order chi connectivity index (χ1) is 14.4. The van der Waals surface area contributed by atoms with E-state index in [9.17, 15) is 14.0 Å². The highest BCUT2D eigenvalue weighted by atomic mass is 31.0. The molecule has 1 aliphatic rings. The molecule has 0 spiro atoms. The van der Waals surface area contributed by atoms with Gasteiger partial charge in [0.2, 0.25) is 5.91 Å². The molecule has 2 aromatic carbocycles. The quantitative estimate of drug-likeness (QED) is 0.723. The Bertz CT molecular complexity index is 876. The van der Waals surface area contributed by atoms with Crippen LogP contribution in [0.4, 0.5) is 14.9 Å². The van der Waals surface area contributed by atoms with E-state index in [1.54, 1.807) is 11.9 Å². The first kappa shape index (κ1) is 22.2. The summed E-state index contributed by atoms with van der Waals surface area (Å²) in [7, 11) is 4.30. The van der Waals surface area contributed by atoms with Gasteiger partial charge in [-0.25, -0.2) is 9.18 Å². The summed E-state index contributed by atoms with van der Waals surface area (Å²) in [6.45, 7) is 3.40. The van der Waals surface area contributed by atoms with Gasteiger partial charge >= 0.3 is 6.03 Å². The third-order valence-electron chi connectivity index (χ3n) is 5.54. The monoisotopic (exact) mass is 429 g/mol. The van der Waals surface area contributed by atoms with E-state index in [0.29, 0.717) is 25.2 Å². The van der Waals surface area contributed by atoms with Gasteiger partial charge < -0.3 is 15.1 Å². The van der Waals surface area contributed by atoms with Crippen LogP contribution < -0.4 is 10.6 Å². The molecule has 1 atom stereocenters. The van der Waals surface area contributed by atoms with Crippen molar-refractivity contribution in [3.05, 3.63) is 48.3 Å². The van der Waals surface area contributed by atoms with Gasteiger partial charge in [-0.2, -0.15) is 0 Å². The summed E-state index contributed by atoms with van der Waals surface area (Å²) in [5.74, 6) is -0.0748. The maximum Gasteiger partial charge on any atom is 0.321 e. The Morgan fingerprint density at radius 1 is 1.13 bits per heavy atom. The molecule has 3 rings (SSSR count). The minimum Gasteiger partial charge on any atom is -0.343 e. The zero-order valence-corrected chi connectivity index (χ0v) is 18.7. The highest BCUT2D eigenvalue weighted by Gasteiger charge is 2.27. The van der Waals surface area contributed by atoms with E-state index < -0.39 is 0 Å². The van der Waals surface area contributed by atoms with E-state index in [-0.39, 0.29) is 23.8 Å². The van der Waals surface area contributed by atoms with Crippen LogP contribution in [0.15, 0.2) is 42.5 Å². The third kappa shape index (κ3) is 5.57. The number of rotatable bonds is 5. The van der Waals surface area contributed by atoms with Crippen LogP contribution in [0.5, 0.6) is 0 Å². The lowest BCUT2D eigenvalue weighted by Crippen LogP contribution is -2.48. The lowest BCUT2D eigenvalue weighted by Gasteiger charge is -2.36. The van der Waals surface area contributed by atoms with E-state index in [2.05, 4.69) is 14.6 Å². The molecule has 1 aliphatic heterocycles. The highest BCUT2D eigenvalue weighted by molar-refractivity contribution is 7.27. The van der Waals surface area contributed by atoms with Crippen LogP contribution in [0.2, 0.25) is 0 Å². The summed E-state index contributed by atoms with van der Waals surface area (Å²) in [5.41, 5.74) is 2.36. The number of hydrogen-bond donors (Lipinski definition) is 1. The van der Waals surface area contributed by atoms with E-state index in [1.165, 1.54) is 12.1 Å². The topological polar surface area (TPSA) is 52.7 Å². The average Bonchev–Trinajstić information content (AvgIpc) is 2.73. The normalized spacial score (nSPS) is 14.5. The van der Waals surface area contributed by atoms with Crippen molar-refractivity contribution in [2.24, 2.45) is 0 Å². The largest absolute Gasteiger partial charge is 0.343 e. The number of nitrogens with zero attached hydrogens (tertiary/aromatic N) is 2. The second-order valence-electron chi connectivity index (χ2n) is 7.75. The van der Waals surface area contributed by atoms with Crippen LogP contribution in [-0.4, -0.2) is 47.9 Å². The van der Waals surface area contributed by atoms with Crippen molar-refractivity contribution in [3.8, 4) is 11.1 Å². The number of amides is 3. The molecule has 0 bridgehead atoms. The first-order valence-electron chi connectivity index (χ1n) is 10.4. The molecule has 30 heavy (non-hydrogen) atoms. The summed E-state index contributed by atoms with van der Waals surface area (Å²) in [5, 5.41) is 3.71. The number of nitrogens with one attached hydrogen (secondary N) is 1. The van der Waals surface area contributed by atoms with Crippen molar-refractivity contribution in [2.75, 3.05) is 25.5 Å². The number of carbonyl (C=O) groups is 2. The van der Waals surface area contributed by atoms with E-state index >= 15 is 0 Å². The maximum absolute atomic E-state index is 13.6. The standard InChI is InChI=1S/C23H29FN3O2P/c1-3-4-22(28)27-11-9-20(10-12-27)26(2)23(29)25-19-7-5-16(6-8-19)17-13-18(24)15-21(30)14-17/h5-8,13-15,20H,3-4,9-12,30H2,1-2H3,(H,25,29). The van der Waals surface area contributed by atoms with Gasteiger partial charge in [-0.15, -0.1) is 9.24 Å². The Kier molecular flexibility index (Phi) is 7.43. The number of halogens is 1. The van der Waals surface area contributed by atoms with Crippen LogP contribution in [-0.2, 0) is 4.79 Å². The van der Waals surface area contributed by atoms with Gasteiger partial charge in [0.1, 0.15) is 5.82 Å². The van der Waals surface area contributed by atoms with Gasteiger partial charge in [0.15, 0.2) is 0 Å². The second-order valence-corrected chi connectivity index (χ2v) is 8.42. The minimum absolute atomic E-state index is 0.114. The van der Waals surface area contributed by atoms with Crippen molar-refractivity contribution < 1.29 is 14.0 Å². The van der Waals surface area contributed by atoms with Gasteiger partial charge in [0.05, 0.1) is 0 Å². The third-order valence-corrected chi connectivity index (χ3v) is 5.87. The van der Waals surface area contributed by atoms with Gasteiger partial charge in [0, 0.05) is 38.3 Å². The van der Waals surface area contributed by atoms with Crippen molar-refractivity contribution in [2.45, 2.75) is 38.6 Å². The number of benzene rings is 2. The Hall–Kier alpha value is -2.46. The van der Waals surface area contributed by atoms with Crippen LogP contribution in [0.3, 0.4) is 0 Å². The lowest BCUT2D eigenvalue weighted by atomic mass is 10.0. The Balaban J connectivity index is 1.56. The smallest absolute Gasteiger partial charge is 0.321 e. The van der Waals surface area contributed by atoms with Crippen molar-refractivity contribution >= 4 is 32.2 Å². The van der Waals surface area contributed by atoms with Gasteiger partial charge in [-0.3, -0.25) is 4.79 Å². The number of likely N-dealkylation sites (tertiary alicyclic amines) is 1. The zero-order valence-electron chi connectivity index (χ0n) is 17.5. The van der Waals surface area contributed by atoms with Crippen molar-refractivity contribution in [1.82, 2.24) is 9.80 Å². The SMILES string of the molecule is CCCC(=O)N1CCC(N(C)C(=O)Nc2ccc(-c3cc(F)cc(P)c3)cc2)CC1. The molecule has 1 heterocycles. The average molecular weight is 429 g/mol. The molecule has 1 unspecified atom stereocenters. The summed E-state index contributed by atoms with van der Waals surface area (Å²) in [6, 6.07) is 12.2. The first-order valence-corrected chi connectivity index (χ1v) is 10.9. The predicted octanol–water partition coefficient (Wildman–Crippen LogP) is 4.25. The fourth-order valence-electron chi connectivity index (χ4n) is 3.78. The Morgan fingerprint density at radius 2 is 1.80 bits per heavy atom. The molecule has 1 fully saturated rings. The van der Waals surface area contributed by atoms with E-state index in [1.807, 2.05) is 42.2 Å². The molecular formula is C23H29FN3O2P. The number of carbonyl (C=O) groups excluding carboxylic acids is 2. The van der Waals surface area contributed by atoms with Crippen molar-refractivity contribution in [3.63, 3.8) is 0 Å². The molecule has 2 aromatic rings. The van der Waals surface area contributed by atoms with Gasteiger partial charge in [-0.1, -0.05) is 19.1 Å². The zero-order chi connectivity index (χ0) is 21.7. The van der Waals surface area contributed by atoms with Crippen molar-refractivity contribution in [1.29, 1.82) is 0 Å². The summed E-state index contributed by atoms with van der Waals surface area (Å²) in [6.07, 6.45) is 3.02. The fourth-order valence-corrected chi connectivity index (χ4v) is 4.12. The van der Waals surface area contributed by atoms with Crippen LogP contribution >= 0.6 is 9.24 Å². The molecule has 0 aromatic heterocycles. The van der Waals surface area contributed by atoms with Crippen LogP contribution in [0.1, 0.15) is 32.6 Å². The second kappa shape index (κ2) is 10.0. The Morgan fingerprint density at radius 3 is 2.40 bits per heavy atom. The molecular weight excluding hydrogens is 400 g/mol. The van der Waals surface area contributed by atoms with Crippen LogP contribution in [0.25, 0.3) is 11.1 Å². The molecule has 0 radical (unpaired) electrons. The summed E-state index contributed by atoms with van der Waals surface area (Å²) in [4.78, 5) is 28.3. The Labute approximate surface area is 179 Å². The lowest BCUT2D eigenvalue weighted by molar-refractivity contribution is -0.132. The molecule has 1 N–H and O–H groups in total. The number of hydrogen-bond acceptors (Lipinski definition) is 2. The molecule has 5 nitrogen and oxygen atoms in total. The predicted molar refractivity (Wildman–Crippen MR) is 122 cm³/mol. The summed E-state index contributed by atoms with van der Waals surface area (Å²) >= 11 is 0. The highest BCUT2D eigenvalue weighted by Crippen LogP contribution is 2.23. The molecule has 0 saturated carbocycles. The number of urea groups is 1. The minimum atomic E-state index is -0.279. The van der Waals surface area contributed by atoms with Gasteiger partial charge in [-0.05, 0) is 66.0 Å². The number of anilines is 1. The molecule has 7 heteroatoms. The van der Waals surface area contributed by atoms with E-state index in [4.69, 9.17) is 0 Å². The van der Waals surface area contributed by atoms with Crippen LogP contribution in [0, 0.1) is 5.82 Å². The van der Waals surface area contributed by atoms with Gasteiger partial charge in [0.25, 0.3) is 0 Å². The number of piperidine rings is 1. The van der Waals surface area contributed by atoms with E-state index in [0.717, 1.165) is 35.7 Å². The molecule has 3 amide bonds.